The second kappa shape index (κ2) is 4.85. The van der Waals surface area contributed by atoms with Crippen molar-refractivity contribution >= 4 is 5.82 Å². The van der Waals surface area contributed by atoms with Crippen LogP contribution in [0, 0.1) is 0 Å². The molecule has 0 unspecified atom stereocenters. The average molecular weight is 271 g/mol. The monoisotopic (exact) mass is 271 g/mol. The summed E-state index contributed by atoms with van der Waals surface area (Å²) in [5.41, 5.74) is 8.20. The quantitative estimate of drug-likeness (QED) is 0.924. The van der Waals surface area contributed by atoms with E-state index in [-0.39, 0.29) is 0 Å². The van der Waals surface area contributed by atoms with Gasteiger partial charge < -0.3 is 15.0 Å². The molecular weight excluding hydrogens is 250 g/mol. The molecule has 1 aliphatic rings. The number of methoxy groups -OCH3 is 1. The van der Waals surface area contributed by atoms with E-state index in [2.05, 4.69) is 18.4 Å². The van der Waals surface area contributed by atoms with Gasteiger partial charge in [-0.25, -0.2) is 4.98 Å². The molecule has 20 heavy (non-hydrogen) atoms. The molecule has 106 valence electrons. The fourth-order valence-electron chi connectivity index (χ4n) is 2.63. The first-order valence-corrected chi connectivity index (χ1v) is 7.14. The third-order valence-corrected chi connectivity index (χ3v) is 3.77. The van der Waals surface area contributed by atoms with Gasteiger partial charge in [-0.15, -0.1) is 0 Å². The molecule has 4 heteroatoms. The maximum absolute atomic E-state index is 6.38. The van der Waals surface area contributed by atoms with E-state index < -0.39 is 0 Å². The molecule has 0 aliphatic heterocycles. The van der Waals surface area contributed by atoms with Gasteiger partial charge in [-0.1, -0.05) is 26.0 Å². The third kappa shape index (κ3) is 2.05. The average Bonchev–Trinajstić information content (AvgIpc) is 3.22. The number of rotatable bonds is 4. The van der Waals surface area contributed by atoms with Crippen LogP contribution < -0.4 is 10.5 Å². The van der Waals surface area contributed by atoms with Crippen molar-refractivity contribution in [1.29, 1.82) is 0 Å². The lowest BCUT2D eigenvalue weighted by atomic mass is 10.1. The first-order valence-electron chi connectivity index (χ1n) is 7.14. The fraction of sp³-hybridized carbons (Fsp3) is 0.438. The van der Waals surface area contributed by atoms with Crippen molar-refractivity contribution in [2.45, 2.75) is 38.6 Å². The molecule has 1 saturated carbocycles. The molecule has 0 spiro atoms. The van der Waals surface area contributed by atoms with E-state index in [0.29, 0.717) is 12.0 Å². The number of nitrogens with two attached hydrogens (primary N) is 1. The third-order valence-electron chi connectivity index (χ3n) is 3.77. The van der Waals surface area contributed by atoms with Crippen LogP contribution in [0.15, 0.2) is 24.3 Å². The molecule has 0 saturated heterocycles. The highest BCUT2D eigenvalue weighted by molar-refractivity contribution is 5.76. The molecule has 1 fully saturated rings. The summed E-state index contributed by atoms with van der Waals surface area (Å²) in [4.78, 5) is 4.81. The van der Waals surface area contributed by atoms with Gasteiger partial charge in [-0.3, -0.25) is 0 Å². The van der Waals surface area contributed by atoms with Gasteiger partial charge >= 0.3 is 0 Å². The molecule has 0 radical (unpaired) electrons. The zero-order chi connectivity index (χ0) is 14.3. The Hall–Kier alpha value is -1.97. The van der Waals surface area contributed by atoms with Crippen LogP contribution in [0.1, 0.15) is 44.5 Å². The normalized spacial score (nSPS) is 14.8. The first-order chi connectivity index (χ1) is 9.63. The number of hydrogen-bond acceptors (Lipinski definition) is 3. The second-order valence-corrected chi connectivity index (χ2v) is 5.66. The van der Waals surface area contributed by atoms with Gasteiger partial charge in [0.05, 0.1) is 7.11 Å². The minimum absolute atomic E-state index is 0.362. The lowest BCUT2D eigenvalue weighted by Crippen LogP contribution is -2.06. The van der Waals surface area contributed by atoms with Gasteiger partial charge in [0.25, 0.3) is 0 Å². The van der Waals surface area contributed by atoms with Crippen LogP contribution in [0.3, 0.4) is 0 Å². The second-order valence-electron chi connectivity index (χ2n) is 5.66. The number of nitrogens with zero attached hydrogens (tertiary/aromatic N) is 2. The van der Waals surface area contributed by atoms with E-state index in [4.69, 9.17) is 15.5 Å². The maximum Gasteiger partial charge on any atom is 0.132 e. The van der Waals surface area contributed by atoms with E-state index in [9.17, 15) is 0 Å². The molecule has 1 aromatic heterocycles. The maximum atomic E-state index is 6.38. The van der Waals surface area contributed by atoms with Crippen LogP contribution >= 0.6 is 0 Å². The Morgan fingerprint density at radius 3 is 2.60 bits per heavy atom. The lowest BCUT2D eigenvalue weighted by Gasteiger charge is -2.10. The minimum atomic E-state index is 0.362. The predicted molar refractivity (Wildman–Crippen MR) is 81.0 cm³/mol. The number of ether oxygens (including phenoxy) is 1. The highest BCUT2D eigenvalue weighted by Crippen LogP contribution is 2.43. The molecule has 2 N–H and O–H groups in total. The van der Waals surface area contributed by atoms with Crippen LogP contribution in [0.25, 0.3) is 11.3 Å². The van der Waals surface area contributed by atoms with Crippen LogP contribution in [0.4, 0.5) is 5.82 Å². The van der Waals surface area contributed by atoms with Gasteiger partial charge in [-0.2, -0.15) is 0 Å². The van der Waals surface area contributed by atoms with Crippen molar-refractivity contribution < 1.29 is 4.74 Å². The van der Waals surface area contributed by atoms with Crippen molar-refractivity contribution in [2.24, 2.45) is 0 Å². The van der Waals surface area contributed by atoms with Crippen molar-refractivity contribution in [1.82, 2.24) is 9.55 Å². The summed E-state index contributed by atoms with van der Waals surface area (Å²) in [5, 5.41) is 0. The Kier molecular flexibility index (Phi) is 3.16. The molecule has 1 aromatic carbocycles. The summed E-state index contributed by atoms with van der Waals surface area (Å²) < 4.78 is 7.65. The Labute approximate surface area is 119 Å². The first kappa shape index (κ1) is 13.0. The smallest absolute Gasteiger partial charge is 0.132 e. The van der Waals surface area contributed by atoms with Crippen molar-refractivity contribution in [3.05, 3.63) is 30.1 Å². The number of hydrogen-bond donors (Lipinski definition) is 1. The van der Waals surface area contributed by atoms with Crippen molar-refractivity contribution in [3.63, 3.8) is 0 Å². The molecule has 0 bridgehead atoms. The van der Waals surface area contributed by atoms with E-state index in [1.54, 1.807) is 7.11 Å². The SMILES string of the molecule is COc1ccccc1-c1nc(C(C)C)n(C2CC2)c1N. The zero-order valence-electron chi connectivity index (χ0n) is 12.3. The van der Waals surface area contributed by atoms with Gasteiger partial charge in [0.15, 0.2) is 0 Å². The van der Waals surface area contributed by atoms with Crippen LogP contribution in [-0.2, 0) is 0 Å². The summed E-state index contributed by atoms with van der Waals surface area (Å²) in [6, 6.07) is 8.43. The van der Waals surface area contributed by atoms with Crippen molar-refractivity contribution in [3.8, 4) is 17.0 Å². The predicted octanol–water partition coefficient (Wildman–Crippen LogP) is 3.60. The van der Waals surface area contributed by atoms with E-state index >= 15 is 0 Å². The Morgan fingerprint density at radius 1 is 1.30 bits per heavy atom. The van der Waals surface area contributed by atoms with Gasteiger partial charge in [0.2, 0.25) is 0 Å². The minimum Gasteiger partial charge on any atom is -0.496 e. The van der Waals surface area contributed by atoms with Crippen LogP contribution in [0.2, 0.25) is 0 Å². The topological polar surface area (TPSA) is 53.1 Å². The Bertz CT molecular complexity index is 627. The van der Waals surface area contributed by atoms with E-state index in [1.807, 2.05) is 24.3 Å². The highest BCUT2D eigenvalue weighted by Gasteiger charge is 2.31. The number of benzene rings is 1. The number of imidazole rings is 1. The fourth-order valence-corrected chi connectivity index (χ4v) is 2.63. The molecule has 2 aromatic rings. The zero-order valence-corrected chi connectivity index (χ0v) is 12.3. The number of aromatic nitrogens is 2. The molecule has 4 nitrogen and oxygen atoms in total. The molecule has 0 atom stereocenters. The lowest BCUT2D eigenvalue weighted by molar-refractivity contribution is 0.416. The summed E-state index contributed by atoms with van der Waals surface area (Å²) in [7, 11) is 1.68. The Morgan fingerprint density at radius 2 is 2.00 bits per heavy atom. The summed E-state index contributed by atoms with van der Waals surface area (Å²) in [5.74, 6) is 3.02. The van der Waals surface area contributed by atoms with Crippen molar-refractivity contribution in [2.75, 3.05) is 12.8 Å². The van der Waals surface area contributed by atoms with Crippen LogP contribution in [-0.4, -0.2) is 16.7 Å². The van der Waals surface area contributed by atoms with E-state index in [0.717, 1.165) is 28.6 Å². The van der Waals surface area contributed by atoms with E-state index in [1.165, 1.54) is 12.8 Å². The van der Waals surface area contributed by atoms with Gasteiger partial charge in [0, 0.05) is 17.5 Å². The largest absolute Gasteiger partial charge is 0.496 e. The van der Waals surface area contributed by atoms with Crippen LogP contribution in [0.5, 0.6) is 5.75 Å². The van der Waals surface area contributed by atoms with Gasteiger partial charge in [0.1, 0.15) is 23.1 Å². The summed E-state index contributed by atoms with van der Waals surface area (Å²) in [6.45, 7) is 4.32. The standard InChI is InChI=1S/C16H21N3O/c1-10(2)16-18-14(15(17)19(16)11-8-9-11)12-6-4-5-7-13(12)20-3/h4-7,10-11H,8-9,17H2,1-3H3. The van der Waals surface area contributed by atoms with Gasteiger partial charge in [-0.05, 0) is 25.0 Å². The number of anilines is 1. The highest BCUT2D eigenvalue weighted by atomic mass is 16.5. The molecule has 0 amide bonds. The summed E-state index contributed by atoms with van der Waals surface area (Å²) in [6.07, 6.45) is 2.40. The summed E-state index contributed by atoms with van der Waals surface area (Å²) >= 11 is 0. The molecule has 1 aliphatic carbocycles. The molecular formula is C16H21N3O. The molecule has 1 heterocycles. The number of nitrogen functional groups attached to an aromatic ring is 1. The molecule has 3 rings (SSSR count). The Balaban J connectivity index is 2.17. The number of para-hydroxylation sites is 1.